The van der Waals surface area contributed by atoms with E-state index in [1.54, 1.807) is 48.5 Å². The predicted octanol–water partition coefficient (Wildman–Crippen LogP) is 7.93. The van der Waals surface area contributed by atoms with Crippen LogP contribution in [0.15, 0.2) is 78.9 Å². The molecule has 3 aromatic rings. The van der Waals surface area contributed by atoms with Gasteiger partial charge in [0.25, 0.3) is 0 Å². The average Bonchev–Trinajstić information content (AvgIpc) is 2.68. The van der Waals surface area contributed by atoms with Crippen molar-refractivity contribution in [1.29, 1.82) is 0 Å². The standard InChI is InChI=1S/C26H31O4P/c1-25(2,3)20-17-18-24(23(19-20)26(4,5)6)30-31(27,28-21-13-9-7-10-14-21)29-22-15-11-8-12-16-22/h7-19H,1-6H3. The van der Waals surface area contributed by atoms with Crippen LogP contribution in [0.25, 0.3) is 0 Å². The van der Waals surface area contributed by atoms with Gasteiger partial charge < -0.3 is 13.6 Å². The van der Waals surface area contributed by atoms with Gasteiger partial charge in [-0.05, 0) is 46.7 Å². The Labute approximate surface area is 185 Å². The highest BCUT2D eigenvalue weighted by Gasteiger charge is 2.35. The molecule has 164 valence electrons. The molecular formula is C26H31O4P. The summed E-state index contributed by atoms with van der Waals surface area (Å²) in [5.41, 5.74) is 1.85. The molecule has 0 amide bonds. The lowest BCUT2D eigenvalue weighted by atomic mass is 9.80. The third kappa shape index (κ3) is 6.15. The van der Waals surface area contributed by atoms with Gasteiger partial charge in [0, 0.05) is 5.56 Å². The van der Waals surface area contributed by atoms with Crippen molar-refractivity contribution in [3.63, 3.8) is 0 Å². The molecule has 0 heterocycles. The fraction of sp³-hybridized carbons (Fsp3) is 0.308. The van der Waals surface area contributed by atoms with Crippen LogP contribution in [0.3, 0.4) is 0 Å². The molecular weight excluding hydrogens is 407 g/mol. The highest BCUT2D eigenvalue weighted by atomic mass is 31.2. The van der Waals surface area contributed by atoms with E-state index in [0.717, 1.165) is 5.56 Å². The Morgan fingerprint density at radius 2 is 1.10 bits per heavy atom. The lowest BCUT2D eigenvalue weighted by Gasteiger charge is -2.28. The van der Waals surface area contributed by atoms with Gasteiger partial charge in [0.1, 0.15) is 17.2 Å². The summed E-state index contributed by atoms with van der Waals surface area (Å²) in [4.78, 5) is 0. The molecule has 0 saturated carbocycles. The van der Waals surface area contributed by atoms with E-state index in [1.165, 1.54) is 5.56 Å². The highest BCUT2D eigenvalue weighted by molar-refractivity contribution is 7.49. The van der Waals surface area contributed by atoms with Gasteiger partial charge in [-0.25, -0.2) is 0 Å². The van der Waals surface area contributed by atoms with E-state index in [2.05, 4.69) is 47.6 Å². The molecule has 0 spiro atoms. The summed E-state index contributed by atoms with van der Waals surface area (Å²) >= 11 is 0. The fourth-order valence-electron chi connectivity index (χ4n) is 3.06. The van der Waals surface area contributed by atoms with Gasteiger partial charge in [-0.2, -0.15) is 4.57 Å². The maximum absolute atomic E-state index is 13.8. The van der Waals surface area contributed by atoms with Crippen molar-refractivity contribution in [2.75, 3.05) is 0 Å². The van der Waals surface area contributed by atoms with Crippen molar-refractivity contribution in [3.05, 3.63) is 90.0 Å². The average molecular weight is 439 g/mol. The van der Waals surface area contributed by atoms with Crippen LogP contribution < -0.4 is 13.6 Å². The zero-order valence-corrected chi connectivity index (χ0v) is 20.0. The first-order valence-electron chi connectivity index (χ1n) is 10.4. The topological polar surface area (TPSA) is 44.8 Å². The van der Waals surface area contributed by atoms with Crippen LogP contribution in [0, 0.1) is 0 Å². The van der Waals surface area contributed by atoms with E-state index >= 15 is 0 Å². The molecule has 3 rings (SSSR count). The van der Waals surface area contributed by atoms with Crippen molar-refractivity contribution in [3.8, 4) is 17.2 Å². The van der Waals surface area contributed by atoms with Crippen LogP contribution >= 0.6 is 7.82 Å². The molecule has 0 aromatic heterocycles. The molecule has 5 heteroatoms. The zero-order chi connectivity index (χ0) is 22.7. The second-order valence-corrected chi connectivity index (χ2v) is 11.0. The summed E-state index contributed by atoms with van der Waals surface area (Å²) in [6, 6.07) is 23.8. The van der Waals surface area contributed by atoms with Crippen molar-refractivity contribution in [1.82, 2.24) is 0 Å². The van der Waals surface area contributed by atoms with E-state index in [4.69, 9.17) is 13.6 Å². The number of hydrogen-bond donors (Lipinski definition) is 0. The number of rotatable bonds is 6. The summed E-state index contributed by atoms with van der Waals surface area (Å²) in [7, 11) is -4.04. The van der Waals surface area contributed by atoms with Crippen LogP contribution in [0.4, 0.5) is 0 Å². The largest absolute Gasteiger partial charge is 0.647 e. The van der Waals surface area contributed by atoms with Crippen LogP contribution in [0.2, 0.25) is 0 Å². The smallest absolute Gasteiger partial charge is 0.386 e. The van der Waals surface area contributed by atoms with E-state index in [-0.39, 0.29) is 10.8 Å². The minimum Gasteiger partial charge on any atom is -0.386 e. The first-order chi connectivity index (χ1) is 14.5. The second kappa shape index (κ2) is 8.80. The zero-order valence-electron chi connectivity index (χ0n) is 19.1. The molecule has 3 aromatic carbocycles. The van der Waals surface area contributed by atoms with Crippen molar-refractivity contribution < 1.29 is 18.1 Å². The Morgan fingerprint density at radius 3 is 1.52 bits per heavy atom. The molecule has 4 nitrogen and oxygen atoms in total. The van der Waals surface area contributed by atoms with Gasteiger partial charge in [0.05, 0.1) is 0 Å². The summed E-state index contributed by atoms with van der Waals surface area (Å²) in [6.07, 6.45) is 0. The summed E-state index contributed by atoms with van der Waals surface area (Å²) < 4.78 is 31.4. The Bertz CT molecular complexity index is 1000. The monoisotopic (exact) mass is 438 g/mol. The van der Waals surface area contributed by atoms with Crippen LogP contribution in [0.1, 0.15) is 52.7 Å². The highest BCUT2D eigenvalue weighted by Crippen LogP contribution is 2.51. The number of para-hydroxylation sites is 2. The molecule has 0 radical (unpaired) electrons. The third-order valence-corrected chi connectivity index (χ3v) is 6.07. The van der Waals surface area contributed by atoms with E-state index < -0.39 is 7.82 Å². The van der Waals surface area contributed by atoms with Crippen molar-refractivity contribution in [2.45, 2.75) is 52.4 Å². The molecule has 0 N–H and O–H groups in total. The molecule has 0 bridgehead atoms. The lowest BCUT2D eigenvalue weighted by molar-refractivity contribution is 0.295. The molecule has 31 heavy (non-hydrogen) atoms. The fourth-order valence-corrected chi connectivity index (χ4v) is 4.33. The third-order valence-electron chi connectivity index (χ3n) is 4.78. The van der Waals surface area contributed by atoms with Gasteiger partial charge in [0.2, 0.25) is 0 Å². The number of phosphoric acid groups is 1. The van der Waals surface area contributed by atoms with Crippen LogP contribution in [0.5, 0.6) is 17.2 Å². The predicted molar refractivity (Wildman–Crippen MR) is 126 cm³/mol. The quantitative estimate of drug-likeness (QED) is 0.367. The van der Waals surface area contributed by atoms with E-state index in [9.17, 15) is 4.57 Å². The lowest BCUT2D eigenvalue weighted by Crippen LogP contribution is -2.18. The first kappa shape index (κ1) is 23.0. The number of hydrogen-bond acceptors (Lipinski definition) is 4. The first-order valence-corrected chi connectivity index (χ1v) is 11.9. The minimum absolute atomic E-state index is 0.0245. The molecule has 0 aliphatic rings. The second-order valence-electron chi connectivity index (χ2n) is 9.56. The van der Waals surface area contributed by atoms with Crippen molar-refractivity contribution in [2.24, 2.45) is 0 Å². The Kier molecular flexibility index (Phi) is 6.52. The molecule has 0 fully saturated rings. The van der Waals surface area contributed by atoms with E-state index in [1.807, 2.05) is 24.3 Å². The number of benzene rings is 3. The Balaban J connectivity index is 2.03. The van der Waals surface area contributed by atoms with Gasteiger partial charge in [-0.3, -0.25) is 0 Å². The van der Waals surface area contributed by atoms with Gasteiger partial charge in [-0.15, -0.1) is 0 Å². The minimum atomic E-state index is -4.04. The van der Waals surface area contributed by atoms with Crippen LogP contribution in [-0.2, 0) is 15.4 Å². The Morgan fingerprint density at radius 1 is 0.613 bits per heavy atom. The van der Waals surface area contributed by atoms with Gasteiger partial charge in [-0.1, -0.05) is 90.1 Å². The molecule has 0 aliphatic carbocycles. The summed E-state index contributed by atoms with van der Waals surface area (Å²) in [5.74, 6) is 1.30. The summed E-state index contributed by atoms with van der Waals surface area (Å²) in [6.45, 7) is 12.8. The maximum atomic E-state index is 13.8. The maximum Gasteiger partial charge on any atom is 0.647 e. The molecule has 0 aliphatic heterocycles. The van der Waals surface area contributed by atoms with Gasteiger partial charge in [0.15, 0.2) is 0 Å². The molecule has 0 saturated heterocycles. The normalized spacial score (nSPS) is 12.3. The van der Waals surface area contributed by atoms with E-state index in [0.29, 0.717) is 17.2 Å². The number of phosphoric ester groups is 1. The molecule has 0 unspecified atom stereocenters. The van der Waals surface area contributed by atoms with Crippen molar-refractivity contribution >= 4 is 7.82 Å². The molecule has 0 atom stereocenters. The Hall–Kier alpha value is -2.71. The SMILES string of the molecule is CC(C)(C)c1ccc(OP(=O)(Oc2ccccc2)Oc2ccccc2)c(C(C)(C)C)c1. The van der Waals surface area contributed by atoms with Gasteiger partial charge >= 0.3 is 7.82 Å². The van der Waals surface area contributed by atoms with Crippen LogP contribution in [-0.4, -0.2) is 0 Å². The summed E-state index contributed by atoms with van der Waals surface area (Å²) in [5, 5.41) is 0.